The fourth-order valence-corrected chi connectivity index (χ4v) is 9.25. The van der Waals surface area contributed by atoms with Gasteiger partial charge in [-0.1, -0.05) is 45.7 Å². The number of benzene rings is 1. The molecule has 1 saturated heterocycles. The van der Waals surface area contributed by atoms with E-state index in [2.05, 4.69) is 62.7 Å². The molecular formula is C59H72N12O10. The van der Waals surface area contributed by atoms with Crippen molar-refractivity contribution in [1.29, 1.82) is 5.26 Å². The molecule has 7 rings (SSSR count). The molecule has 0 spiro atoms. The Labute approximate surface area is 472 Å². The van der Waals surface area contributed by atoms with Crippen LogP contribution in [0.3, 0.4) is 0 Å². The van der Waals surface area contributed by atoms with Gasteiger partial charge in [0.2, 0.25) is 23.6 Å². The normalized spacial score (nSPS) is 15.1. The topological polar surface area (TPSA) is 273 Å². The molecule has 4 aromatic heterocycles. The fraction of sp³-hybridized carbons (Fsp3) is 0.458. The number of Topliss-reactive ketones (excluding diaryl/α,β-unsaturated/α-hetero) is 1. The Morgan fingerprint density at radius 3 is 2.36 bits per heavy atom. The summed E-state index contributed by atoms with van der Waals surface area (Å²) in [6.07, 6.45) is 10.9. The van der Waals surface area contributed by atoms with Gasteiger partial charge in [0.15, 0.2) is 5.78 Å². The first kappa shape index (κ1) is 60.2. The van der Waals surface area contributed by atoms with Crippen LogP contribution in [0.1, 0.15) is 122 Å². The van der Waals surface area contributed by atoms with Gasteiger partial charge in [-0.05, 0) is 94.3 Å². The highest BCUT2D eigenvalue weighted by atomic mass is 16.5. The molecular weight excluding hydrogens is 1040 g/mol. The Morgan fingerprint density at radius 1 is 0.852 bits per heavy atom. The highest BCUT2D eigenvalue weighted by Gasteiger charge is 2.45. The van der Waals surface area contributed by atoms with Crippen molar-refractivity contribution in [2.75, 3.05) is 76.1 Å². The zero-order valence-corrected chi connectivity index (χ0v) is 47.2. The molecule has 3 N–H and O–H groups in total. The maximum atomic E-state index is 13.4. The number of methoxy groups -OCH3 is 1. The number of hydrogen-bond acceptors (Lipinski definition) is 18. The number of carbonyl (C=O) groups excluding carboxylic acids is 6. The number of nitrogens with one attached hydrogen (secondary N) is 3. The second kappa shape index (κ2) is 28.1. The summed E-state index contributed by atoms with van der Waals surface area (Å²) in [5, 5.41) is 18.0. The number of ether oxygens (including phenoxy) is 4. The van der Waals surface area contributed by atoms with E-state index in [1.54, 1.807) is 78.1 Å². The van der Waals surface area contributed by atoms with Crippen LogP contribution in [-0.4, -0.2) is 149 Å². The Bertz CT molecular complexity index is 3050. The molecule has 2 aliphatic heterocycles. The lowest BCUT2D eigenvalue weighted by Crippen LogP contribution is -2.56. The van der Waals surface area contributed by atoms with Crippen LogP contribution in [0.4, 0.5) is 11.8 Å². The highest BCUT2D eigenvalue weighted by molar-refractivity contribution is 6.13. The van der Waals surface area contributed by atoms with Gasteiger partial charge in [-0.25, -0.2) is 29.7 Å². The van der Waals surface area contributed by atoms with E-state index < -0.39 is 29.4 Å². The monoisotopic (exact) mass is 1110 g/mol. The molecule has 2 aliphatic rings. The predicted molar refractivity (Wildman–Crippen MR) is 300 cm³/mol. The average molecular weight is 1110 g/mol. The van der Waals surface area contributed by atoms with Gasteiger partial charge in [-0.2, -0.15) is 5.26 Å². The molecule has 1 fully saturated rings. The molecule has 6 heterocycles. The maximum absolute atomic E-state index is 13.4. The molecule has 0 unspecified atom stereocenters. The molecule has 4 amide bonds. The first-order chi connectivity index (χ1) is 38.8. The van der Waals surface area contributed by atoms with Crippen molar-refractivity contribution in [3.05, 3.63) is 113 Å². The molecule has 428 valence electrons. The summed E-state index contributed by atoms with van der Waals surface area (Å²) in [4.78, 5) is 105. The molecule has 0 aliphatic carbocycles. The lowest BCUT2D eigenvalue weighted by atomic mass is 9.88. The summed E-state index contributed by atoms with van der Waals surface area (Å²) in [5.74, 6) is -0.225. The lowest BCUT2D eigenvalue weighted by Gasteiger charge is -2.39. The van der Waals surface area contributed by atoms with E-state index in [0.29, 0.717) is 103 Å². The van der Waals surface area contributed by atoms with Crippen molar-refractivity contribution < 1.29 is 47.7 Å². The summed E-state index contributed by atoms with van der Waals surface area (Å²) in [5.41, 5.74) is 2.51. The smallest absolute Gasteiger partial charge is 0.328 e. The Balaban J connectivity index is 0.718. The molecule has 22 heteroatoms. The second-order valence-electron chi connectivity index (χ2n) is 21.6. The van der Waals surface area contributed by atoms with E-state index in [1.165, 1.54) is 13.3 Å². The lowest BCUT2D eigenvalue weighted by molar-refractivity contribution is -0.143. The number of hydrogen-bond donors (Lipinski definition) is 3. The first-order valence-corrected chi connectivity index (χ1v) is 27.2. The van der Waals surface area contributed by atoms with Crippen LogP contribution in [0.15, 0.2) is 85.5 Å². The summed E-state index contributed by atoms with van der Waals surface area (Å²) in [6, 6.07) is 18.1. The minimum absolute atomic E-state index is 0.0236. The van der Waals surface area contributed by atoms with Gasteiger partial charge in [0.05, 0.1) is 49.2 Å². The third kappa shape index (κ3) is 16.6. The molecule has 81 heavy (non-hydrogen) atoms. The van der Waals surface area contributed by atoms with Crippen LogP contribution in [-0.2, 0) is 35.1 Å². The fourth-order valence-electron chi connectivity index (χ4n) is 9.25. The average Bonchev–Trinajstić information content (AvgIpc) is 3.37. The van der Waals surface area contributed by atoms with Crippen molar-refractivity contribution in [2.45, 2.75) is 104 Å². The van der Waals surface area contributed by atoms with Crippen LogP contribution in [0, 0.1) is 16.7 Å². The van der Waals surface area contributed by atoms with Gasteiger partial charge in [0.25, 0.3) is 11.8 Å². The SMILES string of the molecule is COC(=O)[C@H](CCC(C)(C)C)NC(=O)c1ccc(Oc2cccc(C(=O)NCCCCCCOCCOCC(=O)NCC(=O)N3CCN(c4ncc(-c5ccc6c(n5)N(Cc5cccnc5C#N)C(C)(C)C6=O)cn4)C[C@H]3C)c2)nc1. The number of unbranched alkanes of at least 4 members (excludes halogenated alkanes) is 3. The highest BCUT2D eigenvalue weighted by Crippen LogP contribution is 2.40. The van der Waals surface area contributed by atoms with Gasteiger partial charge < -0.3 is 49.6 Å². The van der Waals surface area contributed by atoms with Crippen molar-refractivity contribution in [2.24, 2.45) is 5.41 Å². The van der Waals surface area contributed by atoms with Crippen molar-refractivity contribution >= 4 is 47.1 Å². The molecule has 5 aromatic rings. The third-order valence-electron chi connectivity index (χ3n) is 13.9. The minimum Gasteiger partial charge on any atom is -0.467 e. The van der Waals surface area contributed by atoms with E-state index >= 15 is 0 Å². The van der Waals surface area contributed by atoms with E-state index in [9.17, 15) is 34.0 Å². The summed E-state index contributed by atoms with van der Waals surface area (Å²) < 4.78 is 21.9. The number of pyridine rings is 3. The molecule has 0 radical (unpaired) electrons. The number of ketones is 1. The minimum atomic E-state index is -0.889. The Kier molecular flexibility index (Phi) is 20.9. The molecule has 22 nitrogen and oxygen atoms in total. The van der Waals surface area contributed by atoms with E-state index in [1.807, 2.05) is 36.6 Å². The molecule has 0 saturated carbocycles. The van der Waals surface area contributed by atoms with Crippen LogP contribution < -0.4 is 30.5 Å². The molecule has 1 aromatic carbocycles. The number of nitrogens with zero attached hydrogens (tertiary/aromatic N) is 9. The number of piperazine rings is 1. The maximum Gasteiger partial charge on any atom is 0.328 e. The zero-order valence-electron chi connectivity index (χ0n) is 47.2. The molecule has 2 atom stereocenters. The van der Waals surface area contributed by atoms with Gasteiger partial charge in [0, 0.05) is 92.9 Å². The van der Waals surface area contributed by atoms with Crippen molar-refractivity contribution in [3.8, 4) is 29.0 Å². The van der Waals surface area contributed by atoms with Crippen LogP contribution >= 0.6 is 0 Å². The van der Waals surface area contributed by atoms with Crippen molar-refractivity contribution in [3.63, 3.8) is 0 Å². The molecule has 0 bridgehead atoms. The standard InChI is InChI=1S/C59H72N12O10/c1-39-36-69(57-65-33-43(34-66-57)46-19-18-45-52(74)59(5,6)71(53(45)67-46)37-42-15-13-24-61-48(42)31-60)25-26-70(39)51(73)35-63-49(72)38-80-29-28-79-27-11-9-8-10-23-62-54(75)40-14-12-16-44(30-40)81-50-20-17-41(32-64-50)55(76)68-47(56(77)78-7)21-22-58(2,3)4/h12-20,24,30,32-34,39,47H,8-11,21-23,25-29,35-38H2,1-7H3,(H,62,75)(H,63,72)(H,68,76)/t39-,47+/m1/s1. The van der Waals surface area contributed by atoms with Gasteiger partial charge >= 0.3 is 5.97 Å². The summed E-state index contributed by atoms with van der Waals surface area (Å²) >= 11 is 0. The van der Waals surface area contributed by atoms with E-state index in [-0.39, 0.29) is 66.8 Å². The predicted octanol–water partition coefficient (Wildman–Crippen LogP) is 6.25. The van der Waals surface area contributed by atoms with E-state index in [4.69, 9.17) is 23.9 Å². The number of anilines is 2. The number of nitriles is 1. The van der Waals surface area contributed by atoms with Crippen LogP contribution in [0.2, 0.25) is 0 Å². The third-order valence-corrected chi connectivity index (χ3v) is 13.9. The Hall–Kier alpha value is -8.42. The van der Waals surface area contributed by atoms with Crippen molar-refractivity contribution in [1.82, 2.24) is 45.8 Å². The van der Waals surface area contributed by atoms with Gasteiger partial charge in [-0.15, -0.1) is 0 Å². The summed E-state index contributed by atoms with van der Waals surface area (Å²) in [6.45, 7) is 14.7. The quantitative estimate of drug-likeness (QED) is 0.0408. The first-order valence-electron chi connectivity index (χ1n) is 27.2. The van der Waals surface area contributed by atoms with Gasteiger partial charge in [-0.3, -0.25) is 24.0 Å². The number of amides is 4. The number of rotatable bonds is 26. The summed E-state index contributed by atoms with van der Waals surface area (Å²) in [7, 11) is 1.29. The number of aromatic nitrogens is 5. The largest absolute Gasteiger partial charge is 0.467 e. The number of carbonyl (C=O) groups is 6. The van der Waals surface area contributed by atoms with Crippen LogP contribution in [0.25, 0.3) is 11.3 Å². The zero-order chi connectivity index (χ0) is 58.1. The second-order valence-corrected chi connectivity index (χ2v) is 21.6. The van der Waals surface area contributed by atoms with Crippen LogP contribution in [0.5, 0.6) is 11.6 Å². The van der Waals surface area contributed by atoms with Gasteiger partial charge in [0.1, 0.15) is 36.0 Å². The Morgan fingerprint density at radius 2 is 1.63 bits per heavy atom. The van der Waals surface area contributed by atoms with E-state index in [0.717, 1.165) is 25.7 Å². The number of fused-ring (bicyclic) bond motifs is 1. The number of esters is 1.